The zero-order valence-electron chi connectivity index (χ0n) is 9.48. The summed E-state index contributed by atoms with van der Waals surface area (Å²) in [5, 5.41) is 2.96. The van der Waals surface area contributed by atoms with Crippen molar-refractivity contribution in [3.63, 3.8) is 0 Å². The van der Waals surface area contributed by atoms with E-state index in [1.165, 1.54) is 11.3 Å². The third-order valence-corrected chi connectivity index (χ3v) is 3.88. The van der Waals surface area contributed by atoms with Crippen molar-refractivity contribution in [1.29, 1.82) is 0 Å². The van der Waals surface area contributed by atoms with Crippen molar-refractivity contribution in [3.8, 4) is 0 Å². The number of thiophene rings is 1. The van der Waals surface area contributed by atoms with E-state index in [2.05, 4.69) is 21.2 Å². The number of nitrogens with one attached hydrogen (secondary N) is 1. The lowest BCUT2D eigenvalue weighted by molar-refractivity contribution is -0.139. The molecule has 0 amide bonds. The van der Waals surface area contributed by atoms with E-state index in [4.69, 9.17) is 0 Å². The van der Waals surface area contributed by atoms with E-state index in [9.17, 15) is 13.2 Å². The van der Waals surface area contributed by atoms with Gasteiger partial charge in [0.05, 0.1) is 10.2 Å². The highest BCUT2D eigenvalue weighted by atomic mass is 79.9. The molecule has 0 bridgehead atoms. The summed E-state index contributed by atoms with van der Waals surface area (Å²) in [5.74, 6) is 0. The Balaban J connectivity index is 2.56. The molecule has 1 N–H and O–H groups in total. The highest BCUT2D eigenvalue weighted by Crippen LogP contribution is 2.27. The molecule has 0 aliphatic rings. The molecule has 98 valence electrons. The van der Waals surface area contributed by atoms with Gasteiger partial charge in [0.2, 0.25) is 0 Å². The van der Waals surface area contributed by atoms with Gasteiger partial charge < -0.3 is 5.32 Å². The molecule has 0 aromatic carbocycles. The van der Waals surface area contributed by atoms with E-state index in [1.807, 2.05) is 19.1 Å². The summed E-state index contributed by atoms with van der Waals surface area (Å²) in [7, 11) is 0. The number of hydrogen-bond donors (Lipinski definition) is 1. The van der Waals surface area contributed by atoms with Gasteiger partial charge in [0, 0.05) is 10.9 Å². The lowest BCUT2D eigenvalue weighted by atomic mass is 10.1. The fraction of sp³-hybridized carbons (Fsp3) is 0.636. The standard InChI is InChI=1S/C11H15BrF3NS/c1-2-5-16-8(7-11(13,14)15)6-9-3-4-10(12)17-9/h3-4,8,16H,2,5-7H2,1H3. The zero-order valence-corrected chi connectivity index (χ0v) is 11.9. The van der Waals surface area contributed by atoms with E-state index < -0.39 is 18.6 Å². The van der Waals surface area contributed by atoms with Crippen LogP contribution >= 0.6 is 27.3 Å². The molecule has 1 atom stereocenters. The second-order valence-corrected chi connectivity index (χ2v) is 6.43. The normalized spacial score (nSPS) is 13.9. The highest BCUT2D eigenvalue weighted by Gasteiger charge is 2.31. The summed E-state index contributed by atoms with van der Waals surface area (Å²) in [4.78, 5) is 0.967. The maximum absolute atomic E-state index is 12.4. The first-order valence-electron chi connectivity index (χ1n) is 5.45. The Morgan fingerprint density at radius 2 is 2.12 bits per heavy atom. The number of halogens is 4. The fourth-order valence-corrected chi connectivity index (χ4v) is 3.11. The number of alkyl halides is 3. The van der Waals surface area contributed by atoms with Crippen LogP contribution in [0.2, 0.25) is 0 Å². The second kappa shape index (κ2) is 6.75. The Morgan fingerprint density at radius 3 is 2.59 bits per heavy atom. The summed E-state index contributed by atoms with van der Waals surface area (Å²) < 4.78 is 38.1. The van der Waals surface area contributed by atoms with Crippen molar-refractivity contribution in [2.45, 2.75) is 38.4 Å². The van der Waals surface area contributed by atoms with Gasteiger partial charge in [-0.05, 0) is 47.4 Å². The third kappa shape index (κ3) is 6.43. The van der Waals surface area contributed by atoms with Gasteiger partial charge in [-0.1, -0.05) is 6.92 Å². The Hall–Kier alpha value is -0.0700. The SMILES string of the molecule is CCCNC(Cc1ccc(Br)s1)CC(F)(F)F. The third-order valence-electron chi connectivity index (χ3n) is 2.24. The molecule has 6 heteroatoms. The van der Waals surface area contributed by atoms with Crippen molar-refractivity contribution < 1.29 is 13.2 Å². The molecule has 17 heavy (non-hydrogen) atoms. The lowest BCUT2D eigenvalue weighted by Gasteiger charge is -2.19. The molecule has 0 radical (unpaired) electrons. The quantitative estimate of drug-likeness (QED) is 0.816. The summed E-state index contributed by atoms with van der Waals surface area (Å²) in [5.41, 5.74) is 0. The first kappa shape index (κ1) is 15.0. The van der Waals surface area contributed by atoms with Crippen LogP contribution in [0.15, 0.2) is 15.9 Å². The molecule has 1 heterocycles. The van der Waals surface area contributed by atoms with E-state index >= 15 is 0 Å². The average Bonchev–Trinajstić information content (AvgIpc) is 2.58. The van der Waals surface area contributed by atoms with Crippen molar-refractivity contribution in [2.24, 2.45) is 0 Å². The summed E-state index contributed by atoms with van der Waals surface area (Å²) >= 11 is 4.80. The average molecular weight is 330 g/mol. The van der Waals surface area contributed by atoms with Gasteiger partial charge in [0.15, 0.2) is 0 Å². The maximum Gasteiger partial charge on any atom is 0.390 e. The van der Waals surface area contributed by atoms with Gasteiger partial charge in [-0.15, -0.1) is 11.3 Å². The molecule has 0 saturated carbocycles. The molecule has 0 saturated heterocycles. The molecule has 1 aromatic heterocycles. The highest BCUT2D eigenvalue weighted by molar-refractivity contribution is 9.11. The van der Waals surface area contributed by atoms with Gasteiger partial charge in [0.1, 0.15) is 0 Å². The molecule has 0 aliphatic carbocycles. The lowest BCUT2D eigenvalue weighted by Crippen LogP contribution is -2.35. The van der Waals surface area contributed by atoms with Crippen LogP contribution in [0.3, 0.4) is 0 Å². The molecule has 1 nitrogen and oxygen atoms in total. The van der Waals surface area contributed by atoms with E-state index in [0.29, 0.717) is 13.0 Å². The van der Waals surface area contributed by atoms with Gasteiger partial charge >= 0.3 is 6.18 Å². The van der Waals surface area contributed by atoms with Crippen LogP contribution in [0.5, 0.6) is 0 Å². The Kier molecular flexibility index (Phi) is 5.95. The summed E-state index contributed by atoms with van der Waals surface area (Å²) in [6, 6.07) is 3.21. The maximum atomic E-state index is 12.4. The molecule has 1 unspecified atom stereocenters. The van der Waals surface area contributed by atoms with Crippen LogP contribution in [-0.4, -0.2) is 18.8 Å². The van der Waals surface area contributed by atoms with Gasteiger partial charge in [0.25, 0.3) is 0 Å². The van der Waals surface area contributed by atoms with Crippen LogP contribution in [0.25, 0.3) is 0 Å². The molecular weight excluding hydrogens is 315 g/mol. The van der Waals surface area contributed by atoms with Crippen LogP contribution in [0, 0.1) is 0 Å². The fourth-order valence-electron chi connectivity index (χ4n) is 1.55. The van der Waals surface area contributed by atoms with Gasteiger partial charge in [-0.2, -0.15) is 13.2 Å². The van der Waals surface area contributed by atoms with E-state index in [1.54, 1.807) is 0 Å². The first-order valence-corrected chi connectivity index (χ1v) is 7.06. The molecule has 1 aromatic rings. The van der Waals surface area contributed by atoms with Gasteiger partial charge in [-0.3, -0.25) is 0 Å². The van der Waals surface area contributed by atoms with Crippen molar-refractivity contribution in [2.75, 3.05) is 6.54 Å². The molecular formula is C11H15BrF3NS. The molecule has 0 spiro atoms. The Labute approximate surface area is 112 Å². The first-order chi connectivity index (χ1) is 7.90. The Bertz CT molecular complexity index is 338. The van der Waals surface area contributed by atoms with Crippen LogP contribution < -0.4 is 5.32 Å². The second-order valence-electron chi connectivity index (χ2n) is 3.88. The number of rotatable bonds is 6. The van der Waals surface area contributed by atoms with Gasteiger partial charge in [-0.25, -0.2) is 0 Å². The predicted octanol–water partition coefficient (Wildman–Crippen LogP) is 4.37. The van der Waals surface area contributed by atoms with Crippen LogP contribution in [0.4, 0.5) is 13.2 Å². The van der Waals surface area contributed by atoms with Crippen LogP contribution in [-0.2, 0) is 6.42 Å². The minimum Gasteiger partial charge on any atom is -0.313 e. The van der Waals surface area contributed by atoms with Crippen molar-refractivity contribution in [3.05, 3.63) is 20.8 Å². The minimum absolute atomic E-state index is 0.426. The largest absolute Gasteiger partial charge is 0.390 e. The van der Waals surface area contributed by atoms with E-state index in [0.717, 1.165) is 15.1 Å². The monoisotopic (exact) mass is 329 g/mol. The van der Waals surface area contributed by atoms with E-state index in [-0.39, 0.29) is 0 Å². The Morgan fingerprint density at radius 1 is 1.41 bits per heavy atom. The van der Waals surface area contributed by atoms with Crippen molar-refractivity contribution >= 4 is 27.3 Å². The molecule has 1 rings (SSSR count). The minimum atomic E-state index is -4.11. The number of hydrogen-bond acceptors (Lipinski definition) is 2. The van der Waals surface area contributed by atoms with Crippen LogP contribution in [0.1, 0.15) is 24.6 Å². The topological polar surface area (TPSA) is 12.0 Å². The zero-order chi connectivity index (χ0) is 12.9. The molecule has 0 fully saturated rings. The van der Waals surface area contributed by atoms with Crippen molar-refractivity contribution in [1.82, 2.24) is 5.32 Å². The summed E-state index contributed by atoms with van der Waals surface area (Å²) in [6.45, 7) is 2.56. The smallest absolute Gasteiger partial charge is 0.313 e. The summed E-state index contributed by atoms with van der Waals surface area (Å²) in [6.07, 6.45) is -3.62. The molecule has 0 aliphatic heterocycles. The predicted molar refractivity (Wildman–Crippen MR) is 68.5 cm³/mol.